The summed E-state index contributed by atoms with van der Waals surface area (Å²) in [6.07, 6.45) is 0.461. The zero-order chi connectivity index (χ0) is 24.2. The number of piperazine rings is 1. The number of carbonyl (C=O) groups excluding carboxylic acids is 1. The fraction of sp³-hybridized carbons (Fsp3) is 0.214. The van der Waals surface area contributed by atoms with Crippen molar-refractivity contribution in [2.75, 3.05) is 37.6 Å². The maximum Gasteiger partial charge on any atom is 0.426 e. The van der Waals surface area contributed by atoms with Gasteiger partial charge in [0.15, 0.2) is 0 Å². The van der Waals surface area contributed by atoms with E-state index >= 15 is 0 Å². The predicted molar refractivity (Wildman–Crippen MR) is 133 cm³/mol. The molecule has 1 fully saturated rings. The summed E-state index contributed by atoms with van der Waals surface area (Å²) in [6, 6.07) is 24.7. The van der Waals surface area contributed by atoms with E-state index in [1.807, 2.05) is 18.2 Å². The quantitative estimate of drug-likeness (QED) is 0.420. The number of aromatic nitrogens is 1. The maximum atomic E-state index is 13.6. The van der Waals surface area contributed by atoms with Crippen LogP contribution in [0, 0.1) is 5.82 Å². The van der Waals surface area contributed by atoms with Crippen LogP contribution < -0.4 is 10.7 Å². The van der Waals surface area contributed by atoms with Crippen molar-refractivity contribution in [2.45, 2.75) is 6.42 Å². The Labute approximate surface area is 202 Å². The van der Waals surface area contributed by atoms with Crippen LogP contribution in [0.5, 0.6) is 0 Å². The van der Waals surface area contributed by atoms with E-state index in [0.717, 1.165) is 30.7 Å². The summed E-state index contributed by atoms with van der Waals surface area (Å²) in [4.78, 5) is 30.8. The van der Waals surface area contributed by atoms with Crippen molar-refractivity contribution in [2.24, 2.45) is 0 Å². The van der Waals surface area contributed by atoms with Gasteiger partial charge in [-0.15, -0.1) is 0 Å². The molecule has 0 amide bonds. The average Bonchev–Trinajstić information content (AvgIpc) is 3.24. The molecule has 0 aliphatic carbocycles. The molecule has 1 aliphatic heterocycles. The molecule has 7 heteroatoms. The number of nitrogens with zero attached hydrogens (tertiary/aromatic N) is 3. The Hall–Kier alpha value is -3.97. The highest BCUT2D eigenvalue weighted by atomic mass is 19.1. The Morgan fingerprint density at radius 3 is 2.11 bits per heavy atom. The van der Waals surface area contributed by atoms with Gasteiger partial charge < -0.3 is 9.32 Å². The molecule has 6 nitrogen and oxygen atoms in total. The fourth-order valence-electron chi connectivity index (χ4n) is 4.51. The number of benzene rings is 3. The molecule has 1 aromatic heterocycles. The van der Waals surface area contributed by atoms with Gasteiger partial charge in [0.25, 0.3) is 5.91 Å². The topological polar surface area (TPSA) is 58.7 Å². The lowest BCUT2D eigenvalue weighted by molar-refractivity contribution is 0.0953. The van der Waals surface area contributed by atoms with Crippen molar-refractivity contribution in [3.63, 3.8) is 0 Å². The summed E-state index contributed by atoms with van der Waals surface area (Å²) in [6.45, 7) is 4.27. The van der Waals surface area contributed by atoms with Gasteiger partial charge in [-0.2, -0.15) is 0 Å². The molecule has 35 heavy (non-hydrogen) atoms. The molecule has 0 N–H and O–H groups in total. The SMILES string of the molecule is O=C(c1ccccc1)n1c(-c2ccc(F)cc2)c(CCN2CCN(c3ccccc3)CC2)oc1=O. The molecule has 0 radical (unpaired) electrons. The molecule has 0 spiro atoms. The maximum absolute atomic E-state index is 13.6. The van der Waals surface area contributed by atoms with Gasteiger partial charge in [-0.05, 0) is 48.5 Å². The second kappa shape index (κ2) is 10.1. The Kier molecular flexibility index (Phi) is 6.59. The van der Waals surface area contributed by atoms with Crippen LogP contribution in [0.4, 0.5) is 10.1 Å². The lowest BCUT2D eigenvalue weighted by atomic mass is 10.1. The lowest BCUT2D eigenvalue weighted by Crippen LogP contribution is -2.47. The number of carbonyl (C=O) groups is 1. The largest absolute Gasteiger partial charge is 0.426 e. The minimum Gasteiger partial charge on any atom is -0.412 e. The number of oxazole rings is 1. The van der Waals surface area contributed by atoms with Crippen LogP contribution in [-0.2, 0) is 6.42 Å². The summed E-state index contributed by atoms with van der Waals surface area (Å²) in [5.41, 5.74) is 2.53. The lowest BCUT2D eigenvalue weighted by Gasteiger charge is -2.36. The van der Waals surface area contributed by atoms with Crippen molar-refractivity contribution in [3.05, 3.63) is 113 Å². The minimum absolute atomic E-state index is 0.377. The summed E-state index contributed by atoms with van der Waals surface area (Å²) < 4.78 is 20.3. The van der Waals surface area contributed by atoms with Gasteiger partial charge in [0.05, 0.1) is 0 Å². The van der Waals surface area contributed by atoms with E-state index in [0.29, 0.717) is 35.5 Å². The number of hydrogen-bond acceptors (Lipinski definition) is 5. The highest BCUT2D eigenvalue weighted by Crippen LogP contribution is 2.26. The third-order valence-electron chi connectivity index (χ3n) is 6.37. The van der Waals surface area contributed by atoms with Gasteiger partial charge >= 0.3 is 5.76 Å². The van der Waals surface area contributed by atoms with Crippen molar-refractivity contribution in [1.82, 2.24) is 9.47 Å². The van der Waals surface area contributed by atoms with Crippen LogP contribution in [0.1, 0.15) is 16.1 Å². The Morgan fingerprint density at radius 2 is 1.46 bits per heavy atom. The standard InChI is InChI=1S/C28H26FN3O3/c29-23-13-11-21(12-14-23)26-25(35-28(34)32(26)27(33)22-7-3-1-4-8-22)15-16-30-17-19-31(20-18-30)24-9-5-2-6-10-24/h1-14H,15-20H2. The second-order valence-corrected chi connectivity index (χ2v) is 8.57. The van der Waals surface area contributed by atoms with Gasteiger partial charge in [0, 0.05) is 56.0 Å². The Balaban J connectivity index is 1.38. The molecule has 0 unspecified atom stereocenters. The van der Waals surface area contributed by atoms with Crippen LogP contribution in [-0.4, -0.2) is 48.1 Å². The third kappa shape index (κ3) is 4.95. The number of anilines is 1. The highest BCUT2D eigenvalue weighted by Gasteiger charge is 2.25. The molecular weight excluding hydrogens is 445 g/mol. The van der Waals surface area contributed by atoms with Gasteiger partial charge in [-0.1, -0.05) is 36.4 Å². The Bertz CT molecular complexity index is 1340. The van der Waals surface area contributed by atoms with E-state index in [2.05, 4.69) is 21.9 Å². The monoisotopic (exact) mass is 471 g/mol. The summed E-state index contributed by atoms with van der Waals surface area (Å²) in [5, 5.41) is 0. The van der Waals surface area contributed by atoms with Gasteiger partial charge in [0.2, 0.25) is 0 Å². The first-order valence-corrected chi connectivity index (χ1v) is 11.7. The van der Waals surface area contributed by atoms with Crippen LogP contribution in [0.2, 0.25) is 0 Å². The molecule has 0 bridgehead atoms. The van der Waals surface area contributed by atoms with Crippen LogP contribution >= 0.6 is 0 Å². The van der Waals surface area contributed by atoms with Crippen molar-refractivity contribution in [3.8, 4) is 11.3 Å². The fourth-order valence-corrected chi connectivity index (χ4v) is 4.51. The second-order valence-electron chi connectivity index (χ2n) is 8.57. The Morgan fingerprint density at radius 1 is 0.829 bits per heavy atom. The molecular formula is C28H26FN3O3. The zero-order valence-electron chi connectivity index (χ0n) is 19.3. The predicted octanol–water partition coefficient (Wildman–Crippen LogP) is 4.30. The van der Waals surface area contributed by atoms with Gasteiger partial charge in [-0.25, -0.2) is 13.8 Å². The summed E-state index contributed by atoms with van der Waals surface area (Å²) >= 11 is 0. The smallest absolute Gasteiger partial charge is 0.412 e. The number of halogens is 1. The first-order chi connectivity index (χ1) is 17.1. The number of para-hydroxylation sites is 1. The van der Waals surface area contributed by atoms with Gasteiger partial charge in [0.1, 0.15) is 17.3 Å². The first-order valence-electron chi connectivity index (χ1n) is 11.7. The third-order valence-corrected chi connectivity index (χ3v) is 6.37. The van der Waals surface area contributed by atoms with Crippen molar-refractivity contribution in [1.29, 1.82) is 0 Å². The minimum atomic E-state index is -0.734. The van der Waals surface area contributed by atoms with Gasteiger partial charge in [-0.3, -0.25) is 9.69 Å². The van der Waals surface area contributed by atoms with E-state index in [4.69, 9.17) is 4.42 Å². The number of hydrogen-bond donors (Lipinski definition) is 0. The van der Waals surface area contributed by atoms with E-state index in [9.17, 15) is 14.0 Å². The first kappa shape index (κ1) is 22.8. The summed E-state index contributed by atoms with van der Waals surface area (Å²) in [7, 11) is 0. The van der Waals surface area contributed by atoms with Crippen LogP contribution in [0.25, 0.3) is 11.3 Å². The molecule has 2 heterocycles. The molecule has 0 atom stereocenters. The van der Waals surface area contributed by atoms with E-state index < -0.39 is 17.5 Å². The van der Waals surface area contributed by atoms with E-state index in [1.165, 1.54) is 17.8 Å². The van der Waals surface area contributed by atoms with E-state index in [-0.39, 0.29) is 0 Å². The molecule has 178 valence electrons. The molecule has 1 aliphatic rings. The summed E-state index contributed by atoms with van der Waals surface area (Å²) in [5.74, 6) is -1.17. The van der Waals surface area contributed by atoms with Crippen molar-refractivity contribution < 1.29 is 13.6 Å². The van der Waals surface area contributed by atoms with Crippen LogP contribution in [0.15, 0.2) is 94.1 Å². The highest BCUT2D eigenvalue weighted by molar-refractivity contribution is 5.98. The number of rotatable bonds is 6. The molecule has 5 rings (SSSR count). The molecule has 1 saturated heterocycles. The van der Waals surface area contributed by atoms with Crippen LogP contribution in [0.3, 0.4) is 0 Å². The molecule has 3 aromatic carbocycles. The molecule has 4 aromatic rings. The van der Waals surface area contributed by atoms with E-state index in [1.54, 1.807) is 42.5 Å². The normalized spacial score (nSPS) is 14.3. The zero-order valence-corrected chi connectivity index (χ0v) is 19.3. The van der Waals surface area contributed by atoms with Crippen molar-refractivity contribution >= 4 is 11.6 Å². The molecule has 0 saturated carbocycles. The average molecular weight is 472 g/mol.